The molecule has 3 heteroatoms. The summed E-state index contributed by atoms with van der Waals surface area (Å²) in [6.07, 6.45) is 0. The molecule has 0 unspecified atom stereocenters. The van der Waals surface area contributed by atoms with Crippen LogP contribution in [-0.4, -0.2) is 12.1 Å². The number of pyridine rings is 1. The maximum Gasteiger partial charge on any atom is 0.213 e. The number of ether oxygens (including phenoxy) is 1. The van der Waals surface area contributed by atoms with Gasteiger partial charge >= 0.3 is 0 Å². The van der Waals surface area contributed by atoms with Crippen molar-refractivity contribution in [1.29, 1.82) is 0 Å². The summed E-state index contributed by atoms with van der Waals surface area (Å²) >= 11 is 1.73. The second-order valence-corrected chi connectivity index (χ2v) is 4.08. The third-order valence-electron chi connectivity index (χ3n) is 2.07. The molecule has 14 heavy (non-hydrogen) atoms. The fourth-order valence-corrected chi connectivity index (χ4v) is 2.04. The molecule has 0 radical (unpaired) electrons. The number of methoxy groups -OCH3 is 1. The average molecular weight is 205 g/mol. The van der Waals surface area contributed by atoms with Crippen LogP contribution in [0.2, 0.25) is 0 Å². The highest BCUT2D eigenvalue weighted by Gasteiger charge is 2.04. The molecule has 2 nitrogen and oxygen atoms in total. The summed E-state index contributed by atoms with van der Waals surface area (Å²) in [7, 11) is 1.63. The van der Waals surface area contributed by atoms with Crippen LogP contribution >= 0.6 is 11.3 Å². The van der Waals surface area contributed by atoms with Gasteiger partial charge in [0.15, 0.2) is 0 Å². The van der Waals surface area contributed by atoms with Gasteiger partial charge in [-0.3, -0.25) is 0 Å². The zero-order chi connectivity index (χ0) is 9.97. The zero-order valence-electron chi connectivity index (χ0n) is 8.15. The highest BCUT2D eigenvalue weighted by Crippen LogP contribution is 2.26. The van der Waals surface area contributed by atoms with Crippen LogP contribution in [0, 0.1) is 6.92 Å². The first-order valence-corrected chi connectivity index (χ1v) is 5.25. The van der Waals surface area contributed by atoms with Crippen molar-refractivity contribution in [2.75, 3.05) is 7.11 Å². The lowest BCUT2D eigenvalue weighted by Crippen LogP contribution is -1.89. The van der Waals surface area contributed by atoms with Gasteiger partial charge < -0.3 is 4.74 Å². The van der Waals surface area contributed by atoms with Crippen LogP contribution in [0.25, 0.3) is 11.3 Å². The largest absolute Gasteiger partial charge is 0.481 e. The summed E-state index contributed by atoms with van der Waals surface area (Å²) < 4.78 is 5.09. The Morgan fingerprint density at radius 2 is 2.14 bits per heavy atom. The number of hydrogen-bond donors (Lipinski definition) is 0. The molecule has 0 aliphatic heterocycles. The third kappa shape index (κ3) is 1.63. The van der Waals surface area contributed by atoms with Gasteiger partial charge in [-0.25, -0.2) is 4.98 Å². The molecule has 0 spiro atoms. The predicted molar refractivity (Wildman–Crippen MR) is 58.8 cm³/mol. The van der Waals surface area contributed by atoms with E-state index in [-0.39, 0.29) is 0 Å². The maximum absolute atomic E-state index is 5.09. The monoisotopic (exact) mass is 205 g/mol. The molecule has 0 saturated heterocycles. The van der Waals surface area contributed by atoms with E-state index >= 15 is 0 Å². The molecule has 0 aromatic carbocycles. The van der Waals surface area contributed by atoms with Crippen molar-refractivity contribution >= 4 is 11.3 Å². The molecule has 2 aromatic heterocycles. The van der Waals surface area contributed by atoms with Crippen LogP contribution in [0.3, 0.4) is 0 Å². The number of aromatic nitrogens is 1. The SMILES string of the molecule is COc1cccc(-c2ccsc2C)n1. The molecular formula is C11H11NOS. The number of aryl methyl sites for hydroxylation is 1. The molecule has 0 fully saturated rings. The quantitative estimate of drug-likeness (QED) is 0.751. The van der Waals surface area contributed by atoms with E-state index in [1.54, 1.807) is 18.4 Å². The Balaban J connectivity index is 2.47. The molecule has 0 bridgehead atoms. The molecule has 2 heterocycles. The van der Waals surface area contributed by atoms with E-state index in [2.05, 4.69) is 23.4 Å². The van der Waals surface area contributed by atoms with Crippen molar-refractivity contribution in [2.45, 2.75) is 6.92 Å². The Morgan fingerprint density at radius 3 is 2.79 bits per heavy atom. The first kappa shape index (κ1) is 9.21. The molecule has 2 rings (SSSR count). The highest BCUT2D eigenvalue weighted by molar-refractivity contribution is 7.10. The molecule has 0 saturated carbocycles. The summed E-state index contributed by atoms with van der Waals surface area (Å²) in [5.74, 6) is 0.660. The van der Waals surface area contributed by atoms with Gasteiger partial charge in [0.2, 0.25) is 5.88 Å². The van der Waals surface area contributed by atoms with Crippen LogP contribution in [0.1, 0.15) is 4.88 Å². The second-order valence-electron chi connectivity index (χ2n) is 2.96. The molecule has 0 atom stereocenters. The summed E-state index contributed by atoms with van der Waals surface area (Å²) in [5.41, 5.74) is 2.16. The van der Waals surface area contributed by atoms with E-state index < -0.39 is 0 Å². The molecular weight excluding hydrogens is 194 g/mol. The molecule has 0 aliphatic carbocycles. The van der Waals surface area contributed by atoms with Crippen molar-refractivity contribution in [2.24, 2.45) is 0 Å². The van der Waals surface area contributed by atoms with Gasteiger partial charge in [-0.2, -0.15) is 0 Å². The highest BCUT2D eigenvalue weighted by atomic mass is 32.1. The third-order valence-corrected chi connectivity index (χ3v) is 2.91. The minimum absolute atomic E-state index is 0.660. The van der Waals surface area contributed by atoms with Crippen molar-refractivity contribution in [3.8, 4) is 17.1 Å². The van der Waals surface area contributed by atoms with Crippen LogP contribution < -0.4 is 4.74 Å². The first-order chi connectivity index (χ1) is 6.81. The van der Waals surface area contributed by atoms with Crippen LogP contribution in [0.15, 0.2) is 29.6 Å². The molecule has 0 N–H and O–H groups in total. The normalized spacial score (nSPS) is 10.1. The molecule has 0 aliphatic rings. The Morgan fingerprint density at radius 1 is 1.29 bits per heavy atom. The number of nitrogens with zero attached hydrogens (tertiary/aromatic N) is 1. The van der Waals surface area contributed by atoms with E-state index in [4.69, 9.17) is 4.74 Å². The second kappa shape index (κ2) is 3.80. The minimum Gasteiger partial charge on any atom is -0.481 e. The number of hydrogen-bond acceptors (Lipinski definition) is 3. The molecule has 0 amide bonds. The lowest BCUT2D eigenvalue weighted by molar-refractivity contribution is 0.398. The van der Waals surface area contributed by atoms with E-state index in [9.17, 15) is 0 Å². The van der Waals surface area contributed by atoms with E-state index in [1.165, 1.54) is 10.4 Å². The standard InChI is InChI=1S/C11H11NOS/c1-8-9(6-7-14-8)10-4-3-5-11(12-10)13-2/h3-7H,1-2H3. The summed E-state index contributed by atoms with van der Waals surface area (Å²) in [4.78, 5) is 5.66. The molecule has 2 aromatic rings. The Labute approximate surface area is 87.2 Å². The number of thiophene rings is 1. The fourth-order valence-electron chi connectivity index (χ4n) is 1.33. The van der Waals surface area contributed by atoms with Crippen LogP contribution in [0.4, 0.5) is 0 Å². The van der Waals surface area contributed by atoms with Crippen LogP contribution in [-0.2, 0) is 0 Å². The van der Waals surface area contributed by atoms with Crippen molar-refractivity contribution in [1.82, 2.24) is 4.98 Å². The van der Waals surface area contributed by atoms with Gasteiger partial charge in [0.1, 0.15) is 0 Å². The fraction of sp³-hybridized carbons (Fsp3) is 0.182. The Hall–Kier alpha value is -1.35. The van der Waals surface area contributed by atoms with Crippen LogP contribution in [0.5, 0.6) is 5.88 Å². The van der Waals surface area contributed by atoms with E-state index in [0.29, 0.717) is 5.88 Å². The number of rotatable bonds is 2. The summed E-state index contributed by atoms with van der Waals surface area (Å²) in [5, 5.41) is 2.08. The topological polar surface area (TPSA) is 22.1 Å². The van der Waals surface area contributed by atoms with E-state index in [0.717, 1.165) is 5.69 Å². The van der Waals surface area contributed by atoms with Gasteiger partial charge in [0.05, 0.1) is 12.8 Å². The molecule has 72 valence electrons. The van der Waals surface area contributed by atoms with Gasteiger partial charge in [0, 0.05) is 16.5 Å². The van der Waals surface area contributed by atoms with Crippen molar-refractivity contribution in [3.63, 3.8) is 0 Å². The van der Waals surface area contributed by atoms with Gasteiger partial charge in [-0.15, -0.1) is 11.3 Å². The summed E-state index contributed by atoms with van der Waals surface area (Å²) in [6, 6.07) is 7.89. The average Bonchev–Trinajstić information content (AvgIpc) is 2.65. The van der Waals surface area contributed by atoms with E-state index in [1.807, 2.05) is 18.2 Å². The first-order valence-electron chi connectivity index (χ1n) is 4.37. The summed E-state index contributed by atoms with van der Waals surface area (Å²) in [6.45, 7) is 2.10. The van der Waals surface area contributed by atoms with Crippen molar-refractivity contribution in [3.05, 3.63) is 34.5 Å². The van der Waals surface area contributed by atoms with Gasteiger partial charge in [-0.1, -0.05) is 6.07 Å². The Kier molecular flexibility index (Phi) is 2.50. The minimum atomic E-state index is 0.660. The maximum atomic E-state index is 5.09. The van der Waals surface area contributed by atoms with Gasteiger partial charge in [-0.05, 0) is 24.4 Å². The predicted octanol–water partition coefficient (Wildman–Crippen LogP) is 3.13. The van der Waals surface area contributed by atoms with Gasteiger partial charge in [0.25, 0.3) is 0 Å². The lowest BCUT2D eigenvalue weighted by Gasteiger charge is -2.02. The lowest BCUT2D eigenvalue weighted by atomic mass is 10.2. The zero-order valence-corrected chi connectivity index (χ0v) is 8.97. The van der Waals surface area contributed by atoms with Crippen molar-refractivity contribution < 1.29 is 4.74 Å². The Bertz CT molecular complexity index is 436. The smallest absolute Gasteiger partial charge is 0.213 e.